The van der Waals surface area contributed by atoms with Crippen LogP contribution in [-0.2, 0) is 0 Å². The minimum absolute atomic E-state index is 0.729. The quantitative estimate of drug-likeness (QED) is 0.843. The van der Waals surface area contributed by atoms with E-state index in [1.54, 1.807) is 0 Å². The maximum atomic E-state index is 5.84. The van der Waals surface area contributed by atoms with Gasteiger partial charge in [-0.15, -0.1) is 0 Å². The molecule has 2 N–H and O–H groups in total. The normalized spacial score (nSPS) is 10.1. The van der Waals surface area contributed by atoms with Crippen molar-refractivity contribution in [3.8, 4) is 0 Å². The predicted octanol–water partition coefficient (Wildman–Crippen LogP) is 4.30. The molecule has 2 rings (SSSR count). The fraction of sp³-hybridized carbons (Fsp3) is 0.214. The highest BCUT2D eigenvalue weighted by Crippen LogP contribution is 2.18. The molecule has 0 unspecified atom stereocenters. The highest BCUT2D eigenvalue weighted by molar-refractivity contribution is 6.30. The molecule has 0 saturated heterocycles. The van der Waals surface area contributed by atoms with Crippen molar-refractivity contribution in [3.05, 3.63) is 47.5 Å². The molecule has 2 aromatic rings. The SMILES string of the molecule is CCCNc1cccc(Nc2ccc(Cl)cc2)n1. The Hall–Kier alpha value is -1.74. The number of pyridine rings is 1. The molecule has 0 atom stereocenters. The molecule has 0 amide bonds. The molecule has 0 fully saturated rings. The van der Waals surface area contributed by atoms with E-state index in [4.69, 9.17) is 11.6 Å². The number of anilines is 3. The molecule has 0 bridgehead atoms. The van der Waals surface area contributed by atoms with Crippen molar-refractivity contribution in [2.75, 3.05) is 17.2 Å². The zero-order chi connectivity index (χ0) is 12.8. The average molecular weight is 262 g/mol. The lowest BCUT2D eigenvalue weighted by Crippen LogP contribution is -2.03. The summed E-state index contributed by atoms with van der Waals surface area (Å²) in [4.78, 5) is 4.47. The topological polar surface area (TPSA) is 37.0 Å². The van der Waals surface area contributed by atoms with Crippen LogP contribution in [0.4, 0.5) is 17.3 Å². The summed E-state index contributed by atoms with van der Waals surface area (Å²) in [5.74, 6) is 1.70. The van der Waals surface area contributed by atoms with Crippen LogP contribution in [0.2, 0.25) is 5.02 Å². The fourth-order valence-electron chi connectivity index (χ4n) is 1.54. The second kappa shape index (κ2) is 6.26. The maximum absolute atomic E-state index is 5.84. The summed E-state index contributed by atoms with van der Waals surface area (Å²) in [5.41, 5.74) is 0.972. The van der Waals surface area contributed by atoms with Gasteiger partial charge in [0.1, 0.15) is 11.6 Å². The third-order valence-corrected chi connectivity index (χ3v) is 2.67. The Kier molecular flexibility index (Phi) is 4.42. The first-order chi connectivity index (χ1) is 8.78. The lowest BCUT2D eigenvalue weighted by molar-refractivity contribution is 0.970. The van der Waals surface area contributed by atoms with Crippen LogP contribution in [0, 0.1) is 0 Å². The first-order valence-electron chi connectivity index (χ1n) is 6.01. The first-order valence-corrected chi connectivity index (χ1v) is 6.39. The van der Waals surface area contributed by atoms with Gasteiger partial charge in [-0.05, 0) is 42.8 Å². The highest BCUT2D eigenvalue weighted by Gasteiger charge is 1.98. The standard InChI is InChI=1S/C14H16ClN3/c1-2-10-16-13-4-3-5-14(18-13)17-12-8-6-11(15)7-9-12/h3-9H,2,10H2,1H3,(H2,16,17,18). The molecule has 0 aliphatic heterocycles. The van der Waals surface area contributed by atoms with Gasteiger partial charge in [-0.3, -0.25) is 0 Å². The van der Waals surface area contributed by atoms with E-state index in [0.29, 0.717) is 0 Å². The van der Waals surface area contributed by atoms with Crippen molar-refractivity contribution in [2.45, 2.75) is 13.3 Å². The number of hydrogen-bond acceptors (Lipinski definition) is 3. The number of rotatable bonds is 5. The van der Waals surface area contributed by atoms with Crippen LogP contribution in [-0.4, -0.2) is 11.5 Å². The van der Waals surface area contributed by atoms with Crippen LogP contribution in [0.15, 0.2) is 42.5 Å². The summed E-state index contributed by atoms with van der Waals surface area (Å²) >= 11 is 5.84. The molecule has 0 saturated carbocycles. The minimum atomic E-state index is 0.729. The molecule has 94 valence electrons. The van der Waals surface area contributed by atoms with Gasteiger partial charge in [0.25, 0.3) is 0 Å². The molecule has 1 aromatic carbocycles. The zero-order valence-corrected chi connectivity index (χ0v) is 11.0. The maximum Gasteiger partial charge on any atom is 0.132 e. The van der Waals surface area contributed by atoms with Crippen LogP contribution in [0.3, 0.4) is 0 Å². The molecule has 3 nitrogen and oxygen atoms in total. The van der Waals surface area contributed by atoms with E-state index in [9.17, 15) is 0 Å². The second-order valence-electron chi connectivity index (χ2n) is 3.97. The summed E-state index contributed by atoms with van der Waals surface area (Å²) in [6, 6.07) is 13.4. The van der Waals surface area contributed by atoms with Crippen LogP contribution in [0.25, 0.3) is 0 Å². The van der Waals surface area contributed by atoms with Gasteiger partial charge in [0.15, 0.2) is 0 Å². The molecule has 18 heavy (non-hydrogen) atoms. The van der Waals surface area contributed by atoms with Gasteiger partial charge in [-0.2, -0.15) is 0 Å². The van der Waals surface area contributed by atoms with Crippen LogP contribution in [0.5, 0.6) is 0 Å². The lowest BCUT2D eigenvalue weighted by Gasteiger charge is -2.08. The molecular formula is C14H16ClN3. The third-order valence-electron chi connectivity index (χ3n) is 2.42. The summed E-state index contributed by atoms with van der Waals surface area (Å²) in [6.45, 7) is 3.06. The summed E-state index contributed by atoms with van der Waals surface area (Å²) in [6.07, 6.45) is 1.08. The monoisotopic (exact) mass is 261 g/mol. The van der Waals surface area contributed by atoms with E-state index in [-0.39, 0.29) is 0 Å². The Bertz CT molecular complexity index is 497. The van der Waals surface area contributed by atoms with Crippen molar-refractivity contribution < 1.29 is 0 Å². The van der Waals surface area contributed by atoms with E-state index in [2.05, 4.69) is 22.5 Å². The number of nitrogens with one attached hydrogen (secondary N) is 2. The summed E-state index contributed by atoms with van der Waals surface area (Å²) < 4.78 is 0. The number of halogens is 1. The van der Waals surface area contributed by atoms with Gasteiger partial charge in [0.05, 0.1) is 0 Å². The Morgan fingerprint density at radius 2 is 1.78 bits per heavy atom. The van der Waals surface area contributed by atoms with E-state index in [1.807, 2.05) is 42.5 Å². The number of hydrogen-bond donors (Lipinski definition) is 2. The molecule has 0 aliphatic rings. The highest BCUT2D eigenvalue weighted by atomic mass is 35.5. The third kappa shape index (κ3) is 3.64. The smallest absolute Gasteiger partial charge is 0.132 e. The number of benzene rings is 1. The van der Waals surface area contributed by atoms with Crippen molar-refractivity contribution in [2.24, 2.45) is 0 Å². The lowest BCUT2D eigenvalue weighted by atomic mass is 10.3. The van der Waals surface area contributed by atoms with Crippen LogP contribution in [0.1, 0.15) is 13.3 Å². The molecule has 0 radical (unpaired) electrons. The number of aromatic nitrogens is 1. The van der Waals surface area contributed by atoms with E-state index in [1.165, 1.54) is 0 Å². The van der Waals surface area contributed by atoms with Gasteiger partial charge in [-0.1, -0.05) is 24.6 Å². The van der Waals surface area contributed by atoms with Crippen molar-refractivity contribution in [1.29, 1.82) is 0 Å². The molecule has 0 aliphatic carbocycles. The van der Waals surface area contributed by atoms with Gasteiger partial charge in [0.2, 0.25) is 0 Å². The van der Waals surface area contributed by atoms with Gasteiger partial charge in [-0.25, -0.2) is 4.98 Å². The molecule has 1 heterocycles. The fourth-order valence-corrected chi connectivity index (χ4v) is 1.66. The van der Waals surface area contributed by atoms with Crippen molar-refractivity contribution in [3.63, 3.8) is 0 Å². The van der Waals surface area contributed by atoms with Gasteiger partial charge < -0.3 is 10.6 Å². The zero-order valence-electron chi connectivity index (χ0n) is 10.3. The Labute approximate surface area is 112 Å². The van der Waals surface area contributed by atoms with E-state index < -0.39 is 0 Å². The van der Waals surface area contributed by atoms with E-state index >= 15 is 0 Å². The van der Waals surface area contributed by atoms with Crippen molar-refractivity contribution >= 4 is 28.9 Å². The second-order valence-corrected chi connectivity index (χ2v) is 4.40. The summed E-state index contributed by atoms with van der Waals surface area (Å²) in [5, 5.41) is 7.22. The number of nitrogens with zero attached hydrogens (tertiary/aromatic N) is 1. The van der Waals surface area contributed by atoms with Crippen molar-refractivity contribution in [1.82, 2.24) is 4.98 Å². The molecule has 1 aromatic heterocycles. The molecule has 0 spiro atoms. The Balaban J connectivity index is 2.06. The van der Waals surface area contributed by atoms with E-state index in [0.717, 1.165) is 35.3 Å². The van der Waals surface area contributed by atoms with Crippen LogP contribution >= 0.6 is 11.6 Å². The van der Waals surface area contributed by atoms with Crippen LogP contribution < -0.4 is 10.6 Å². The van der Waals surface area contributed by atoms with Gasteiger partial charge >= 0.3 is 0 Å². The molecule has 4 heteroatoms. The minimum Gasteiger partial charge on any atom is -0.370 e. The average Bonchev–Trinajstić information content (AvgIpc) is 2.40. The summed E-state index contributed by atoms with van der Waals surface area (Å²) in [7, 11) is 0. The largest absolute Gasteiger partial charge is 0.370 e. The predicted molar refractivity (Wildman–Crippen MR) is 77.8 cm³/mol. The van der Waals surface area contributed by atoms with Gasteiger partial charge in [0, 0.05) is 17.3 Å². The Morgan fingerprint density at radius 1 is 1.06 bits per heavy atom. The molecular weight excluding hydrogens is 246 g/mol. The first kappa shape index (κ1) is 12.7. The Morgan fingerprint density at radius 3 is 2.50 bits per heavy atom.